The Hall–Kier alpha value is -3.07. The molecule has 232 valence electrons. The van der Waals surface area contributed by atoms with Crippen LogP contribution in [0.3, 0.4) is 0 Å². The Bertz CT molecular complexity index is 1540. The molecule has 0 saturated heterocycles. The predicted molar refractivity (Wildman–Crippen MR) is 176 cm³/mol. The molecule has 0 heterocycles. The molecule has 0 fully saturated rings. The van der Waals surface area contributed by atoms with Crippen molar-refractivity contribution < 1.29 is 18.0 Å². The third-order valence-electron chi connectivity index (χ3n) is 7.04. The van der Waals surface area contributed by atoms with Gasteiger partial charge in [0.2, 0.25) is 21.8 Å². The number of nitrogens with zero attached hydrogens (tertiary/aromatic N) is 2. The first-order valence-electron chi connectivity index (χ1n) is 14.2. The van der Waals surface area contributed by atoms with Crippen molar-refractivity contribution in [2.75, 3.05) is 17.1 Å². The van der Waals surface area contributed by atoms with Gasteiger partial charge in [-0.1, -0.05) is 65.7 Å². The Morgan fingerprint density at radius 2 is 1.56 bits per heavy atom. The molecular formula is C33H41Cl2N3O4S. The Kier molecular flexibility index (Phi) is 11.7. The maximum absolute atomic E-state index is 14.0. The van der Waals surface area contributed by atoms with Gasteiger partial charge in [0.05, 0.1) is 22.0 Å². The average Bonchev–Trinajstić information content (AvgIpc) is 2.91. The zero-order chi connectivity index (χ0) is 31.9. The van der Waals surface area contributed by atoms with Crippen LogP contribution in [0.4, 0.5) is 5.69 Å². The highest BCUT2D eigenvalue weighted by Gasteiger charge is 2.32. The zero-order valence-corrected chi connectivity index (χ0v) is 28.0. The molecule has 0 saturated carbocycles. The molecule has 0 aliphatic carbocycles. The van der Waals surface area contributed by atoms with Crippen LogP contribution in [0.1, 0.15) is 55.9 Å². The van der Waals surface area contributed by atoms with Crippen molar-refractivity contribution in [1.29, 1.82) is 0 Å². The zero-order valence-electron chi connectivity index (χ0n) is 25.7. The summed E-state index contributed by atoms with van der Waals surface area (Å²) in [6, 6.07) is 19.3. The summed E-state index contributed by atoms with van der Waals surface area (Å²) in [6.07, 6.45) is 1.75. The number of sulfonamides is 1. The van der Waals surface area contributed by atoms with Gasteiger partial charge in [-0.3, -0.25) is 13.9 Å². The van der Waals surface area contributed by atoms with E-state index in [0.29, 0.717) is 22.2 Å². The van der Waals surface area contributed by atoms with Crippen LogP contribution in [0, 0.1) is 13.8 Å². The molecule has 0 aromatic heterocycles. The average molecular weight is 647 g/mol. The molecule has 3 rings (SSSR count). The summed E-state index contributed by atoms with van der Waals surface area (Å²) in [4.78, 5) is 29.3. The molecule has 2 amide bonds. The minimum atomic E-state index is -3.60. The smallest absolute Gasteiger partial charge is 0.243 e. The number of hydrogen-bond acceptors (Lipinski definition) is 4. The first-order chi connectivity index (χ1) is 20.0. The molecule has 1 N–H and O–H groups in total. The van der Waals surface area contributed by atoms with E-state index in [4.69, 9.17) is 23.2 Å². The molecule has 0 unspecified atom stereocenters. The Morgan fingerprint density at radius 1 is 0.884 bits per heavy atom. The lowest BCUT2D eigenvalue weighted by molar-refractivity contribution is -0.142. The van der Waals surface area contributed by atoms with Crippen LogP contribution < -0.4 is 9.62 Å². The maximum Gasteiger partial charge on any atom is 0.243 e. The van der Waals surface area contributed by atoms with Crippen LogP contribution in [0.25, 0.3) is 0 Å². The summed E-state index contributed by atoms with van der Waals surface area (Å²) in [5.74, 6) is -0.553. The van der Waals surface area contributed by atoms with Crippen LogP contribution in [-0.2, 0) is 32.6 Å². The van der Waals surface area contributed by atoms with E-state index < -0.39 is 21.6 Å². The monoisotopic (exact) mass is 645 g/mol. The number of benzene rings is 3. The molecule has 0 bridgehead atoms. The van der Waals surface area contributed by atoms with Crippen molar-refractivity contribution in [2.45, 2.75) is 72.0 Å². The second-order valence-electron chi connectivity index (χ2n) is 11.9. The highest BCUT2D eigenvalue weighted by molar-refractivity contribution is 7.92. The number of anilines is 1. The third-order valence-corrected chi connectivity index (χ3v) is 8.97. The minimum Gasteiger partial charge on any atom is -0.350 e. The molecule has 3 aromatic rings. The highest BCUT2D eigenvalue weighted by Crippen LogP contribution is 2.26. The van der Waals surface area contributed by atoms with Crippen molar-refractivity contribution in [3.05, 3.63) is 99.0 Å². The number of halogens is 2. The fourth-order valence-corrected chi connectivity index (χ4v) is 6.00. The number of carbonyl (C=O) groups is 2. The van der Waals surface area contributed by atoms with E-state index in [1.165, 1.54) is 4.31 Å². The second kappa shape index (κ2) is 14.6. The topological polar surface area (TPSA) is 86.8 Å². The van der Waals surface area contributed by atoms with Gasteiger partial charge in [0.1, 0.15) is 6.04 Å². The normalized spacial score (nSPS) is 12.5. The Labute approximate surface area is 266 Å². The van der Waals surface area contributed by atoms with Crippen LogP contribution >= 0.6 is 23.2 Å². The standard InChI is InChI=1S/C33H41Cl2N3O4S/c1-23-14-16-27(19-24(23)2)38(43(6,41)42)18-10-13-31(39)37(22-26-15-17-28(34)29(35)20-26)30(32(40)36-33(3,4)5)21-25-11-8-7-9-12-25/h7-9,11-12,14-17,19-20,30H,10,13,18,21-22H2,1-6H3,(H,36,40)/t30-/m1/s1. The van der Waals surface area contributed by atoms with Gasteiger partial charge in [-0.15, -0.1) is 0 Å². The Balaban J connectivity index is 1.93. The SMILES string of the molecule is Cc1ccc(N(CCCC(=O)N(Cc2ccc(Cl)c(Cl)c2)[C@H](Cc2ccccc2)C(=O)NC(C)(C)C)S(C)(=O)=O)cc1C. The van der Waals surface area contributed by atoms with Gasteiger partial charge in [0.15, 0.2) is 0 Å². The summed E-state index contributed by atoms with van der Waals surface area (Å²) in [7, 11) is -3.60. The van der Waals surface area contributed by atoms with E-state index in [-0.39, 0.29) is 37.7 Å². The van der Waals surface area contributed by atoms with E-state index in [1.807, 2.05) is 77.1 Å². The van der Waals surface area contributed by atoms with Crippen LogP contribution in [0.2, 0.25) is 10.0 Å². The summed E-state index contributed by atoms with van der Waals surface area (Å²) < 4.78 is 26.8. The van der Waals surface area contributed by atoms with Crippen LogP contribution in [-0.4, -0.2) is 49.5 Å². The molecular weight excluding hydrogens is 605 g/mol. The first kappa shape index (κ1) is 34.4. The number of amides is 2. The molecule has 1 atom stereocenters. The molecule has 7 nitrogen and oxygen atoms in total. The van der Waals surface area contributed by atoms with E-state index in [1.54, 1.807) is 29.2 Å². The minimum absolute atomic E-state index is 0.0340. The van der Waals surface area contributed by atoms with Crippen LogP contribution in [0.15, 0.2) is 66.7 Å². The van der Waals surface area contributed by atoms with E-state index >= 15 is 0 Å². The van der Waals surface area contributed by atoms with Crippen molar-refractivity contribution in [2.24, 2.45) is 0 Å². The first-order valence-corrected chi connectivity index (χ1v) is 16.8. The van der Waals surface area contributed by atoms with E-state index in [2.05, 4.69) is 5.32 Å². The van der Waals surface area contributed by atoms with Crippen molar-refractivity contribution in [3.63, 3.8) is 0 Å². The third kappa shape index (κ3) is 10.3. The van der Waals surface area contributed by atoms with Gasteiger partial charge in [-0.25, -0.2) is 8.42 Å². The van der Waals surface area contributed by atoms with Crippen LogP contribution in [0.5, 0.6) is 0 Å². The lowest BCUT2D eigenvalue weighted by Crippen LogP contribution is -2.54. The number of carbonyl (C=O) groups excluding carboxylic acids is 2. The number of nitrogens with one attached hydrogen (secondary N) is 1. The van der Waals surface area contributed by atoms with Gasteiger partial charge < -0.3 is 10.2 Å². The van der Waals surface area contributed by atoms with E-state index in [0.717, 1.165) is 28.5 Å². The molecule has 0 radical (unpaired) electrons. The summed E-state index contributed by atoms with van der Waals surface area (Å²) in [5, 5.41) is 3.78. The molecule has 0 aliphatic rings. The fourth-order valence-electron chi connectivity index (χ4n) is 4.73. The van der Waals surface area contributed by atoms with Crippen molar-refractivity contribution in [1.82, 2.24) is 10.2 Å². The lowest BCUT2D eigenvalue weighted by Gasteiger charge is -2.34. The van der Waals surface area contributed by atoms with Crippen molar-refractivity contribution in [3.8, 4) is 0 Å². The predicted octanol–water partition coefficient (Wildman–Crippen LogP) is 6.71. The largest absolute Gasteiger partial charge is 0.350 e. The highest BCUT2D eigenvalue weighted by atomic mass is 35.5. The summed E-state index contributed by atoms with van der Waals surface area (Å²) in [6.45, 7) is 9.81. The van der Waals surface area contributed by atoms with Gasteiger partial charge in [-0.2, -0.15) is 0 Å². The van der Waals surface area contributed by atoms with Gasteiger partial charge in [-0.05, 0) is 87.6 Å². The molecule has 10 heteroatoms. The second-order valence-corrected chi connectivity index (χ2v) is 14.6. The van der Waals surface area contributed by atoms with Gasteiger partial charge >= 0.3 is 0 Å². The quantitative estimate of drug-likeness (QED) is 0.237. The van der Waals surface area contributed by atoms with Gasteiger partial charge in [0.25, 0.3) is 0 Å². The molecule has 0 aliphatic heterocycles. The number of rotatable bonds is 12. The lowest BCUT2D eigenvalue weighted by atomic mass is 10.00. The molecule has 0 spiro atoms. The maximum atomic E-state index is 14.0. The van der Waals surface area contributed by atoms with Gasteiger partial charge in [0, 0.05) is 31.5 Å². The number of hydrogen-bond donors (Lipinski definition) is 1. The fraction of sp³-hybridized carbons (Fsp3) is 0.394. The van der Waals surface area contributed by atoms with E-state index in [9.17, 15) is 18.0 Å². The molecule has 43 heavy (non-hydrogen) atoms. The Morgan fingerprint density at radius 3 is 2.14 bits per heavy atom. The van der Waals surface area contributed by atoms with Crippen molar-refractivity contribution >= 4 is 50.7 Å². The number of aryl methyl sites for hydroxylation is 2. The molecule has 3 aromatic carbocycles. The summed E-state index contributed by atoms with van der Waals surface area (Å²) in [5.41, 5.74) is 3.69. The summed E-state index contributed by atoms with van der Waals surface area (Å²) >= 11 is 12.4.